The number of aromatic nitrogens is 2. The first-order valence-corrected chi connectivity index (χ1v) is 9.93. The topological polar surface area (TPSA) is 78.1 Å². The number of nitrogens with zero attached hydrogens (tertiary/aromatic N) is 2. The van der Waals surface area contributed by atoms with E-state index in [0.717, 1.165) is 36.1 Å². The van der Waals surface area contributed by atoms with Crippen LogP contribution in [0.15, 0.2) is 60.8 Å². The van der Waals surface area contributed by atoms with Gasteiger partial charge < -0.3 is 10.2 Å². The molecule has 1 aliphatic carbocycles. The lowest BCUT2D eigenvalue weighted by Gasteiger charge is -2.29. The van der Waals surface area contributed by atoms with E-state index in [2.05, 4.69) is 21.6 Å². The summed E-state index contributed by atoms with van der Waals surface area (Å²) in [6.45, 7) is 1.20. The molecule has 146 valence electrons. The molecule has 6 heteroatoms. The largest absolute Gasteiger partial charge is 0.333 e. The molecule has 2 heterocycles. The predicted molar refractivity (Wildman–Crippen MR) is 109 cm³/mol. The minimum atomic E-state index is -0.403. The normalized spacial score (nSPS) is 16.8. The number of aromatic amines is 1. The highest BCUT2D eigenvalue weighted by Crippen LogP contribution is 2.49. The average molecular weight is 386 g/mol. The minimum absolute atomic E-state index is 0.0462. The van der Waals surface area contributed by atoms with Crippen molar-refractivity contribution in [1.29, 1.82) is 0 Å². The number of benzene rings is 2. The fourth-order valence-corrected chi connectivity index (χ4v) is 4.13. The third kappa shape index (κ3) is 3.20. The third-order valence-electron chi connectivity index (χ3n) is 6.01. The van der Waals surface area contributed by atoms with Crippen molar-refractivity contribution in [2.45, 2.75) is 31.2 Å². The molecule has 6 nitrogen and oxygen atoms in total. The van der Waals surface area contributed by atoms with Crippen LogP contribution >= 0.6 is 0 Å². The highest BCUT2D eigenvalue weighted by molar-refractivity contribution is 6.01. The molecule has 3 aromatic rings. The summed E-state index contributed by atoms with van der Waals surface area (Å²) in [4.78, 5) is 27.4. The van der Waals surface area contributed by atoms with Crippen LogP contribution in [0.1, 0.15) is 40.0 Å². The van der Waals surface area contributed by atoms with Gasteiger partial charge in [-0.25, -0.2) is 0 Å². The monoisotopic (exact) mass is 386 g/mol. The molecule has 0 radical (unpaired) electrons. The molecule has 0 unspecified atom stereocenters. The Hall–Kier alpha value is -3.41. The van der Waals surface area contributed by atoms with E-state index < -0.39 is 5.41 Å². The number of hydrogen-bond acceptors (Lipinski definition) is 3. The molecule has 0 atom stereocenters. The van der Waals surface area contributed by atoms with Crippen molar-refractivity contribution in [3.63, 3.8) is 0 Å². The SMILES string of the molecule is O=C(c1ccn[nH]1)N1CCc2ccc(NC(=O)C3(c4ccccc4)CC3)cc2C1. The lowest BCUT2D eigenvalue weighted by atomic mass is 9.94. The van der Waals surface area contributed by atoms with E-state index in [-0.39, 0.29) is 11.8 Å². The summed E-state index contributed by atoms with van der Waals surface area (Å²) in [5.74, 6) is -0.00606. The van der Waals surface area contributed by atoms with Gasteiger partial charge in [0.15, 0.2) is 0 Å². The van der Waals surface area contributed by atoms with Gasteiger partial charge in [-0.05, 0) is 54.2 Å². The van der Waals surface area contributed by atoms with Crippen LogP contribution in [0, 0.1) is 0 Å². The van der Waals surface area contributed by atoms with Crippen LogP contribution in [0.2, 0.25) is 0 Å². The van der Waals surface area contributed by atoms with Gasteiger partial charge in [0.1, 0.15) is 5.69 Å². The number of nitrogens with one attached hydrogen (secondary N) is 2. The Balaban J connectivity index is 1.33. The standard InChI is InChI=1S/C23H22N4O2/c28-21(20-8-12-24-26-20)27-13-9-16-6-7-19(14-17(16)15-27)25-22(29)23(10-11-23)18-4-2-1-3-5-18/h1-8,12,14H,9-11,13,15H2,(H,24,26)(H,25,29). The molecule has 2 aromatic carbocycles. The molecule has 1 aliphatic heterocycles. The zero-order valence-electron chi connectivity index (χ0n) is 16.0. The number of carbonyl (C=O) groups excluding carboxylic acids is 2. The Morgan fingerprint density at radius 1 is 1.03 bits per heavy atom. The van der Waals surface area contributed by atoms with Gasteiger partial charge in [-0.2, -0.15) is 5.10 Å². The van der Waals surface area contributed by atoms with Crippen molar-refractivity contribution in [2.75, 3.05) is 11.9 Å². The van der Waals surface area contributed by atoms with Gasteiger partial charge in [0.25, 0.3) is 5.91 Å². The molecule has 0 spiro atoms. The second-order valence-corrected chi connectivity index (χ2v) is 7.83. The van der Waals surface area contributed by atoms with E-state index in [1.807, 2.05) is 47.4 Å². The van der Waals surface area contributed by atoms with Gasteiger partial charge in [-0.15, -0.1) is 0 Å². The highest BCUT2D eigenvalue weighted by atomic mass is 16.2. The number of anilines is 1. The van der Waals surface area contributed by atoms with E-state index in [1.54, 1.807) is 12.3 Å². The highest BCUT2D eigenvalue weighted by Gasteiger charge is 2.51. The van der Waals surface area contributed by atoms with Gasteiger partial charge in [0.05, 0.1) is 5.41 Å². The van der Waals surface area contributed by atoms with Crippen molar-refractivity contribution in [2.24, 2.45) is 0 Å². The Morgan fingerprint density at radius 2 is 1.86 bits per heavy atom. The van der Waals surface area contributed by atoms with E-state index >= 15 is 0 Å². The second-order valence-electron chi connectivity index (χ2n) is 7.83. The summed E-state index contributed by atoms with van der Waals surface area (Å²) in [6.07, 6.45) is 4.14. The Labute approximate surface area is 168 Å². The molecular weight excluding hydrogens is 364 g/mol. The Bertz CT molecular complexity index is 1060. The summed E-state index contributed by atoms with van der Waals surface area (Å²) >= 11 is 0. The maximum absolute atomic E-state index is 13.0. The van der Waals surface area contributed by atoms with Crippen LogP contribution in [0.25, 0.3) is 0 Å². The van der Waals surface area contributed by atoms with Crippen molar-refractivity contribution < 1.29 is 9.59 Å². The molecular formula is C23H22N4O2. The van der Waals surface area contributed by atoms with Crippen LogP contribution in [-0.4, -0.2) is 33.5 Å². The summed E-state index contributed by atoms with van der Waals surface area (Å²) in [5.41, 5.74) is 4.25. The number of carbonyl (C=O) groups is 2. The fourth-order valence-electron chi connectivity index (χ4n) is 4.13. The first kappa shape index (κ1) is 17.7. The summed E-state index contributed by atoms with van der Waals surface area (Å²) in [6, 6.07) is 17.7. The van der Waals surface area contributed by atoms with Crippen LogP contribution < -0.4 is 5.32 Å². The van der Waals surface area contributed by atoms with Gasteiger partial charge in [0.2, 0.25) is 5.91 Å². The van der Waals surface area contributed by atoms with Crippen molar-refractivity contribution in [1.82, 2.24) is 15.1 Å². The number of H-pyrrole nitrogens is 1. The maximum Gasteiger partial charge on any atom is 0.272 e. The van der Waals surface area contributed by atoms with Crippen molar-refractivity contribution in [3.8, 4) is 0 Å². The van der Waals surface area contributed by atoms with Gasteiger partial charge in [-0.1, -0.05) is 36.4 Å². The molecule has 1 saturated carbocycles. The average Bonchev–Trinajstić information content (AvgIpc) is 3.40. The van der Waals surface area contributed by atoms with Crippen LogP contribution in [0.5, 0.6) is 0 Å². The van der Waals surface area contributed by atoms with Crippen LogP contribution in [0.4, 0.5) is 5.69 Å². The Kier molecular flexibility index (Phi) is 4.19. The molecule has 29 heavy (non-hydrogen) atoms. The first-order chi connectivity index (χ1) is 14.2. The molecule has 1 aromatic heterocycles. The smallest absolute Gasteiger partial charge is 0.272 e. The molecule has 5 rings (SSSR count). The molecule has 2 aliphatic rings. The van der Waals surface area contributed by atoms with Gasteiger partial charge in [-0.3, -0.25) is 14.7 Å². The number of amides is 2. The second kappa shape index (κ2) is 6.88. The summed E-state index contributed by atoms with van der Waals surface area (Å²) < 4.78 is 0. The molecule has 2 N–H and O–H groups in total. The van der Waals surface area contributed by atoms with E-state index in [9.17, 15) is 9.59 Å². The maximum atomic E-state index is 13.0. The van der Waals surface area contributed by atoms with Crippen molar-refractivity contribution >= 4 is 17.5 Å². The third-order valence-corrected chi connectivity index (χ3v) is 6.01. The molecule has 2 amide bonds. The minimum Gasteiger partial charge on any atom is -0.333 e. The van der Waals surface area contributed by atoms with E-state index in [4.69, 9.17) is 0 Å². The van der Waals surface area contributed by atoms with E-state index in [0.29, 0.717) is 18.8 Å². The van der Waals surface area contributed by atoms with Gasteiger partial charge >= 0.3 is 0 Å². The lowest BCUT2D eigenvalue weighted by molar-refractivity contribution is -0.118. The van der Waals surface area contributed by atoms with Crippen LogP contribution in [0.3, 0.4) is 0 Å². The zero-order chi connectivity index (χ0) is 19.8. The quantitative estimate of drug-likeness (QED) is 0.722. The molecule has 0 saturated heterocycles. The predicted octanol–water partition coefficient (Wildman–Crippen LogP) is 3.28. The number of hydrogen-bond donors (Lipinski definition) is 2. The van der Waals surface area contributed by atoms with Gasteiger partial charge in [0, 0.05) is 25.0 Å². The van der Waals surface area contributed by atoms with Crippen LogP contribution in [-0.2, 0) is 23.2 Å². The number of fused-ring (bicyclic) bond motifs is 1. The number of rotatable bonds is 4. The summed E-state index contributed by atoms with van der Waals surface area (Å²) in [5, 5.41) is 9.71. The molecule has 1 fully saturated rings. The molecule has 0 bridgehead atoms. The van der Waals surface area contributed by atoms with Crippen molar-refractivity contribution in [3.05, 3.63) is 83.2 Å². The summed E-state index contributed by atoms with van der Waals surface area (Å²) in [7, 11) is 0. The Morgan fingerprint density at radius 3 is 2.59 bits per heavy atom. The first-order valence-electron chi connectivity index (χ1n) is 9.93. The zero-order valence-corrected chi connectivity index (χ0v) is 16.0. The fraction of sp³-hybridized carbons (Fsp3) is 0.261. The van der Waals surface area contributed by atoms with E-state index in [1.165, 1.54) is 5.56 Å². The lowest BCUT2D eigenvalue weighted by Crippen LogP contribution is -2.36.